The number of carboxylic acids is 1. The fourth-order valence-electron chi connectivity index (χ4n) is 7.77. The summed E-state index contributed by atoms with van der Waals surface area (Å²) >= 11 is 0. The number of hydrogen-bond acceptors (Lipinski definition) is 11. The fraction of sp³-hybridized carbons (Fsp3) is 0.341. The molecule has 2 unspecified atom stereocenters. The predicted molar refractivity (Wildman–Crippen MR) is 203 cm³/mol. The summed E-state index contributed by atoms with van der Waals surface area (Å²) in [5.74, 6) is -1.71. The molecular formula is C41H39F4N7O5. The summed E-state index contributed by atoms with van der Waals surface area (Å²) in [6.45, 7) is 3.51. The van der Waals surface area contributed by atoms with Crippen molar-refractivity contribution in [2.24, 2.45) is 5.92 Å². The van der Waals surface area contributed by atoms with E-state index in [0.29, 0.717) is 66.9 Å². The molecule has 2 saturated heterocycles. The van der Waals surface area contributed by atoms with Gasteiger partial charge in [-0.25, -0.2) is 23.7 Å². The molecule has 0 radical (unpaired) electrons. The number of carbonyl (C=O) groups is 1. The number of aliphatic hydroxyl groups is 1. The number of nitrogens with zero attached hydrogens (tertiary/aromatic N) is 6. The second-order valence-corrected chi connectivity index (χ2v) is 14.6. The van der Waals surface area contributed by atoms with Gasteiger partial charge in [0.25, 0.3) is 6.43 Å². The zero-order valence-corrected chi connectivity index (χ0v) is 31.1. The Morgan fingerprint density at radius 1 is 0.912 bits per heavy atom. The van der Waals surface area contributed by atoms with Crippen molar-refractivity contribution in [2.45, 2.75) is 58.9 Å². The van der Waals surface area contributed by atoms with Crippen molar-refractivity contribution in [3.05, 3.63) is 88.9 Å². The van der Waals surface area contributed by atoms with Gasteiger partial charge in [0.1, 0.15) is 16.8 Å². The van der Waals surface area contributed by atoms with Crippen LogP contribution in [0.3, 0.4) is 0 Å². The molecule has 12 nitrogen and oxygen atoms in total. The van der Waals surface area contributed by atoms with E-state index in [9.17, 15) is 32.6 Å². The second kappa shape index (κ2) is 15.7. The zero-order chi connectivity index (χ0) is 40.0. The zero-order valence-electron chi connectivity index (χ0n) is 31.1. The highest BCUT2D eigenvalue weighted by atomic mass is 19.3. The number of carboxylic acid groups (broad SMARTS) is 1. The van der Waals surface area contributed by atoms with Gasteiger partial charge in [-0.2, -0.15) is 8.78 Å². The van der Waals surface area contributed by atoms with Gasteiger partial charge < -0.3 is 24.7 Å². The Kier molecular flexibility index (Phi) is 10.5. The van der Waals surface area contributed by atoms with Crippen LogP contribution < -0.4 is 10.1 Å². The molecule has 2 atom stereocenters. The lowest BCUT2D eigenvalue weighted by molar-refractivity contribution is -0.141. The number of anilines is 2. The van der Waals surface area contributed by atoms with Crippen molar-refractivity contribution in [3.63, 3.8) is 0 Å². The Morgan fingerprint density at radius 3 is 2.37 bits per heavy atom. The van der Waals surface area contributed by atoms with Crippen LogP contribution in [0.4, 0.5) is 29.1 Å². The van der Waals surface area contributed by atoms with Gasteiger partial charge in [0.15, 0.2) is 17.2 Å². The molecule has 8 rings (SSSR count). The van der Waals surface area contributed by atoms with Crippen molar-refractivity contribution in [3.8, 4) is 28.3 Å². The van der Waals surface area contributed by atoms with Crippen molar-refractivity contribution in [1.29, 1.82) is 0 Å². The molecule has 2 aliphatic heterocycles. The summed E-state index contributed by atoms with van der Waals surface area (Å²) in [6.07, 6.45) is -0.493. The van der Waals surface area contributed by atoms with E-state index < -0.39 is 36.9 Å². The molecule has 2 aliphatic rings. The van der Waals surface area contributed by atoms with Gasteiger partial charge in [-0.1, -0.05) is 24.3 Å². The van der Waals surface area contributed by atoms with Crippen LogP contribution >= 0.6 is 0 Å². The van der Waals surface area contributed by atoms with Crippen LogP contribution in [0.2, 0.25) is 0 Å². The number of nitrogens with one attached hydrogen (secondary N) is 1. The lowest BCUT2D eigenvalue weighted by atomic mass is 9.93. The first-order valence-electron chi connectivity index (χ1n) is 18.6. The maximum absolute atomic E-state index is 14.1. The third-order valence-corrected chi connectivity index (χ3v) is 10.7. The molecule has 3 aromatic carbocycles. The van der Waals surface area contributed by atoms with Crippen LogP contribution in [0.5, 0.6) is 5.75 Å². The molecule has 16 heteroatoms. The molecule has 0 saturated carbocycles. The standard InChI is InChI=1S/C41H39F4N7O5/c1-21-27(5-3-7-29(21)39-49-31-14-25(19-52-11-9-24(18-52)40(54)55)33(57-41(44)45)15-34(31)56-39)28-6-4-8-30(22(28)2)47-37-35-32(48-38(50-37)36(42)43)13-23(16-46-35)17-51-12-10-26(53)20-51/h3-8,13-16,24,26,36,41,53H,9-12,17-20H2,1-2H3,(H,54,55)(H,47,48,50). The highest BCUT2D eigenvalue weighted by molar-refractivity contribution is 5.89. The minimum absolute atomic E-state index is 0.0695. The van der Waals surface area contributed by atoms with Crippen molar-refractivity contribution in [2.75, 3.05) is 31.5 Å². The van der Waals surface area contributed by atoms with Crippen LogP contribution in [0.25, 0.3) is 44.7 Å². The molecular weight excluding hydrogens is 746 g/mol. The number of aliphatic carboxylic acids is 1. The molecule has 0 bridgehead atoms. The summed E-state index contributed by atoms with van der Waals surface area (Å²) in [6, 6.07) is 16.0. The molecule has 3 aromatic heterocycles. The van der Waals surface area contributed by atoms with E-state index in [2.05, 4.69) is 25.2 Å². The summed E-state index contributed by atoms with van der Waals surface area (Å²) < 4.78 is 66.1. The van der Waals surface area contributed by atoms with Crippen molar-refractivity contribution < 1.29 is 41.7 Å². The lowest BCUT2D eigenvalue weighted by Crippen LogP contribution is -2.23. The van der Waals surface area contributed by atoms with Gasteiger partial charge in [0, 0.05) is 61.8 Å². The maximum Gasteiger partial charge on any atom is 0.387 e. The van der Waals surface area contributed by atoms with Crippen LogP contribution in [-0.4, -0.2) is 84.8 Å². The van der Waals surface area contributed by atoms with Gasteiger partial charge in [-0.3, -0.25) is 19.6 Å². The van der Waals surface area contributed by atoms with Gasteiger partial charge in [0.05, 0.1) is 17.5 Å². The highest BCUT2D eigenvalue weighted by Crippen LogP contribution is 2.39. The predicted octanol–water partition coefficient (Wildman–Crippen LogP) is 7.87. The van der Waals surface area contributed by atoms with E-state index in [1.165, 1.54) is 6.07 Å². The molecule has 0 spiro atoms. The van der Waals surface area contributed by atoms with E-state index in [0.717, 1.165) is 34.4 Å². The van der Waals surface area contributed by atoms with E-state index in [4.69, 9.17) is 14.1 Å². The number of likely N-dealkylation sites (tertiary alicyclic amines) is 2. The number of β-amino-alcohol motifs (C(OH)–C–C–N with tert-alkyl or cyclic N) is 1. The van der Waals surface area contributed by atoms with Crippen LogP contribution in [0.15, 0.2) is 65.2 Å². The first-order valence-corrected chi connectivity index (χ1v) is 18.6. The monoisotopic (exact) mass is 785 g/mol. The molecule has 6 aromatic rings. The van der Waals surface area contributed by atoms with Crippen LogP contribution in [-0.2, 0) is 17.9 Å². The van der Waals surface area contributed by atoms with Gasteiger partial charge >= 0.3 is 12.6 Å². The van der Waals surface area contributed by atoms with E-state index in [1.54, 1.807) is 18.3 Å². The Balaban J connectivity index is 1.10. The topological polar surface area (TPSA) is 150 Å². The average Bonchev–Trinajstić information content (AvgIpc) is 3.92. The first-order chi connectivity index (χ1) is 27.4. The van der Waals surface area contributed by atoms with E-state index in [1.807, 2.05) is 55.1 Å². The SMILES string of the molecule is Cc1c(Nc2nc(C(F)F)nc3cc(CN4CCC(O)C4)cnc23)cccc1-c1cccc(-c2nc3cc(CN4CCC(C(=O)O)C4)c(OC(F)F)cc3o2)c1C. The Bertz CT molecular complexity index is 2480. The molecule has 0 amide bonds. The largest absolute Gasteiger partial charge is 0.481 e. The van der Waals surface area contributed by atoms with Crippen LogP contribution in [0, 0.1) is 19.8 Å². The second-order valence-electron chi connectivity index (χ2n) is 14.6. The fourth-order valence-corrected chi connectivity index (χ4v) is 7.77. The molecule has 296 valence electrons. The van der Waals surface area contributed by atoms with Crippen LogP contribution in [0.1, 0.15) is 47.3 Å². The minimum Gasteiger partial charge on any atom is -0.481 e. The number of ether oxygens (including phenoxy) is 1. The number of oxazole rings is 1. The average molecular weight is 786 g/mol. The number of aliphatic hydroxyl groups excluding tert-OH is 1. The maximum atomic E-state index is 14.1. The quantitative estimate of drug-likeness (QED) is 0.104. The number of benzene rings is 3. The third-order valence-electron chi connectivity index (χ3n) is 10.7. The summed E-state index contributed by atoms with van der Waals surface area (Å²) in [5.41, 5.74) is 7.09. The molecule has 0 aliphatic carbocycles. The van der Waals surface area contributed by atoms with E-state index in [-0.39, 0.29) is 35.1 Å². The van der Waals surface area contributed by atoms with Gasteiger partial charge in [0.2, 0.25) is 5.89 Å². The number of hydrogen-bond donors (Lipinski definition) is 3. The number of rotatable bonds is 12. The Hall–Kier alpha value is -5.71. The molecule has 5 heterocycles. The number of pyridine rings is 1. The first kappa shape index (κ1) is 38.2. The molecule has 2 fully saturated rings. The van der Waals surface area contributed by atoms with E-state index >= 15 is 0 Å². The Labute approximate surface area is 324 Å². The third kappa shape index (κ3) is 7.97. The van der Waals surface area contributed by atoms with Crippen molar-refractivity contribution >= 4 is 39.6 Å². The number of aromatic nitrogens is 4. The summed E-state index contributed by atoms with van der Waals surface area (Å²) in [5, 5.41) is 22.6. The summed E-state index contributed by atoms with van der Waals surface area (Å²) in [4.78, 5) is 33.1. The van der Waals surface area contributed by atoms with Gasteiger partial charge in [-0.15, -0.1) is 0 Å². The number of alkyl halides is 4. The smallest absolute Gasteiger partial charge is 0.387 e. The normalized spacial score (nSPS) is 17.8. The minimum atomic E-state index is -3.08. The van der Waals surface area contributed by atoms with Gasteiger partial charge in [-0.05, 0) is 85.3 Å². The highest BCUT2D eigenvalue weighted by Gasteiger charge is 2.29. The Morgan fingerprint density at radius 2 is 1.65 bits per heavy atom. The number of fused-ring (bicyclic) bond motifs is 2. The molecule has 57 heavy (non-hydrogen) atoms. The lowest BCUT2D eigenvalue weighted by Gasteiger charge is -2.17. The summed E-state index contributed by atoms with van der Waals surface area (Å²) in [7, 11) is 0. The number of halogens is 4. The van der Waals surface area contributed by atoms with Crippen molar-refractivity contribution in [1.82, 2.24) is 29.7 Å². The molecule has 3 N–H and O–H groups in total.